The van der Waals surface area contributed by atoms with Gasteiger partial charge in [0.2, 0.25) is 5.91 Å². The van der Waals surface area contributed by atoms with Gasteiger partial charge in [0.1, 0.15) is 11.8 Å². The summed E-state index contributed by atoms with van der Waals surface area (Å²) in [4.78, 5) is 24.3. The molecule has 0 aliphatic rings. The minimum Gasteiger partial charge on any atom is -0.469 e. The molecule has 3 rings (SSSR count). The Hall–Kier alpha value is -3.07. The molecule has 8 nitrogen and oxygen atoms in total. The fourth-order valence-electron chi connectivity index (χ4n) is 2.53. The number of esters is 1. The van der Waals surface area contributed by atoms with E-state index in [0.29, 0.717) is 23.6 Å². The van der Waals surface area contributed by atoms with Gasteiger partial charge in [-0.2, -0.15) is 0 Å². The normalized spacial score (nSPS) is 11.8. The van der Waals surface area contributed by atoms with Crippen molar-refractivity contribution in [3.8, 4) is 11.5 Å². The summed E-state index contributed by atoms with van der Waals surface area (Å²) in [6.07, 6.45) is 1.88. The zero-order valence-corrected chi connectivity index (χ0v) is 16.2. The third-order valence-electron chi connectivity index (χ3n) is 3.93. The highest BCUT2D eigenvalue weighted by Crippen LogP contribution is 2.26. The van der Waals surface area contributed by atoms with Gasteiger partial charge in [-0.05, 0) is 18.6 Å². The van der Waals surface area contributed by atoms with Crippen molar-refractivity contribution in [2.24, 2.45) is 0 Å². The maximum absolute atomic E-state index is 12.3. The van der Waals surface area contributed by atoms with Crippen LogP contribution in [0.15, 0.2) is 56.7 Å². The zero-order chi connectivity index (χ0) is 19.9. The first-order chi connectivity index (χ1) is 13.6. The van der Waals surface area contributed by atoms with Crippen molar-refractivity contribution in [2.75, 3.05) is 12.9 Å². The zero-order valence-electron chi connectivity index (χ0n) is 15.4. The minimum absolute atomic E-state index is 0.0221. The van der Waals surface area contributed by atoms with E-state index in [0.717, 1.165) is 17.3 Å². The van der Waals surface area contributed by atoms with Gasteiger partial charge in [-0.3, -0.25) is 4.79 Å². The Morgan fingerprint density at radius 1 is 1.21 bits per heavy atom. The number of aryl methyl sites for hydroxylation is 1. The van der Waals surface area contributed by atoms with Gasteiger partial charge in [-0.1, -0.05) is 42.1 Å². The standard InChI is InChI=1S/C19H19N3O5S/c1-12-14(8-9-26-12)17-21-22-19(27-17)28-11-16(23)20-15(18(24)25-2)10-13-6-4-3-5-7-13/h3-9,15H,10-11H2,1-2H3,(H,20,23)/t15-/m1/s1. The summed E-state index contributed by atoms with van der Waals surface area (Å²) in [7, 11) is 1.29. The number of nitrogens with zero attached hydrogens (tertiary/aromatic N) is 2. The van der Waals surface area contributed by atoms with E-state index in [1.165, 1.54) is 13.4 Å². The molecule has 2 aromatic heterocycles. The predicted molar refractivity (Wildman–Crippen MR) is 102 cm³/mol. The Balaban J connectivity index is 1.57. The summed E-state index contributed by atoms with van der Waals surface area (Å²) in [5.41, 5.74) is 1.63. The molecule has 28 heavy (non-hydrogen) atoms. The second-order valence-corrected chi connectivity index (χ2v) is 6.81. The lowest BCUT2D eigenvalue weighted by Gasteiger charge is -2.16. The number of aromatic nitrogens is 2. The molecule has 0 radical (unpaired) electrons. The van der Waals surface area contributed by atoms with E-state index < -0.39 is 12.0 Å². The van der Waals surface area contributed by atoms with Crippen LogP contribution in [-0.4, -0.2) is 41.0 Å². The van der Waals surface area contributed by atoms with Crippen LogP contribution in [0.2, 0.25) is 0 Å². The summed E-state index contributed by atoms with van der Waals surface area (Å²) < 4.78 is 15.5. The quantitative estimate of drug-likeness (QED) is 0.453. The molecule has 0 unspecified atom stereocenters. The summed E-state index contributed by atoms with van der Waals surface area (Å²) in [6, 6.07) is 10.4. The number of furan rings is 1. The van der Waals surface area contributed by atoms with E-state index in [2.05, 4.69) is 15.5 Å². The molecular weight excluding hydrogens is 382 g/mol. The number of ether oxygens (including phenoxy) is 1. The van der Waals surface area contributed by atoms with E-state index in [-0.39, 0.29) is 16.9 Å². The lowest BCUT2D eigenvalue weighted by atomic mass is 10.1. The molecule has 1 aromatic carbocycles. The maximum Gasteiger partial charge on any atom is 0.328 e. The Labute approximate surface area is 165 Å². The minimum atomic E-state index is -0.771. The topological polar surface area (TPSA) is 107 Å². The summed E-state index contributed by atoms with van der Waals surface area (Å²) >= 11 is 1.09. The fraction of sp³-hybridized carbons (Fsp3) is 0.263. The third-order valence-corrected chi connectivity index (χ3v) is 4.74. The SMILES string of the molecule is COC(=O)[C@@H](Cc1ccccc1)NC(=O)CSc1nnc(-c2ccoc2C)o1. The van der Waals surface area contributed by atoms with Crippen LogP contribution in [0.5, 0.6) is 0 Å². The van der Waals surface area contributed by atoms with Crippen LogP contribution in [0, 0.1) is 6.92 Å². The van der Waals surface area contributed by atoms with Gasteiger partial charge in [0, 0.05) is 6.42 Å². The van der Waals surface area contributed by atoms with Crippen LogP contribution in [0.1, 0.15) is 11.3 Å². The molecule has 1 atom stereocenters. The van der Waals surface area contributed by atoms with Gasteiger partial charge in [0.15, 0.2) is 0 Å². The van der Waals surface area contributed by atoms with Crippen molar-refractivity contribution in [2.45, 2.75) is 24.6 Å². The molecule has 2 heterocycles. The molecule has 0 bridgehead atoms. The molecule has 0 spiro atoms. The lowest BCUT2D eigenvalue weighted by Crippen LogP contribution is -2.43. The molecule has 3 aromatic rings. The average Bonchev–Trinajstić information content (AvgIpc) is 3.34. The van der Waals surface area contributed by atoms with Crippen LogP contribution >= 0.6 is 11.8 Å². The second-order valence-electron chi connectivity index (χ2n) is 5.89. The van der Waals surface area contributed by atoms with E-state index >= 15 is 0 Å². The largest absolute Gasteiger partial charge is 0.469 e. The van der Waals surface area contributed by atoms with Crippen LogP contribution < -0.4 is 5.32 Å². The van der Waals surface area contributed by atoms with Crippen LogP contribution in [-0.2, 0) is 20.7 Å². The van der Waals surface area contributed by atoms with Crippen molar-refractivity contribution in [3.63, 3.8) is 0 Å². The smallest absolute Gasteiger partial charge is 0.328 e. The molecular formula is C19H19N3O5S. The first-order valence-corrected chi connectivity index (χ1v) is 9.47. The number of benzene rings is 1. The average molecular weight is 401 g/mol. The number of nitrogens with one attached hydrogen (secondary N) is 1. The Morgan fingerprint density at radius 2 is 2.00 bits per heavy atom. The maximum atomic E-state index is 12.3. The highest BCUT2D eigenvalue weighted by molar-refractivity contribution is 7.99. The monoisotopic (exact) mass is 401 g/mol. The lowest BCUT2D eigenvalue weighted by molar-refractivity contribution is -0.144. The number of carbonyl (C=O) groups is 2. The van der Waals surface area contributed by atoms with Crippen LogP contribution in [0.3, 0.4) is 0 Å². The number of carbonyl (C=O) groups excluding carboxylic acids is 2. The molecule has 1 amide bonds. The molecule has 146 valence electrons. The van der Waals surface area contributed by atoms with E-state index in [4.69, 9.17) is 13.6 Å². The Bertz CT molecular complexity index is 938. The van der Waals surface area contributed by atoms with Crippen molar-refractivity contribution < 1.29 is 23.2 Å². The van der Waals surface area contributed by atoms with E-state index in [9.17, 15) is 9.59 Å². The summed E-state index contributed by atoms with van der Waals surface area (Å²) in [5, 5.41) is 10.8. The molecule has 0 aliphatic heterocycles. The number of thioether (sulfide) groups is 1. The molecule has 0 fully saturated rings. The van der Waals surface area contributed by atoms with Crippen LogP contribution in [0.4, 0.5) is 0 Å². The van der Waals surface area contributed by atoms with Gasteiger partial charge >= 0.3 is 5.97 Å². The molecule has 1 N–H and O–H groups in total. The number of amides is 1. The van der Waals surface area contributed by atoms with E-state index in [1.54, 1.807) is 13.0 Å². The highest BCUT2D eigenvalue weighted by Gasteiger charge is 2.22. The molecule has 9 heteroatoms. The Morgan fingerprint density at radius 3 is 2.68 bits per heavy atom. The summed E-state index contributed by atoms with van der Waals surface area (Å²) in [6.45, 7) is 1.79. The van der Waals surface area contributed by atoms with Gasteiger partial charge in [0.05, 0.1) is 24.7 Å². The third kappa shape index (κ3) is 5.01. The van der Waals surface area contributed by atoms with Gasteiger partial charge < -0.3 is 18.9 Å². The molecule has 0 saturated heterocycles. The number of hydrogen-bond donors (Lipinski definition) is 1. The predicted octanol–water partition coefficient (Wildman–Crippen LogP) is 2.63. The number of rotatable bonds is 8. The van der Waals surface area contributed by atoms with Gasteiger partial charge in [-0.15, -0.1) is 10.2 Å². The first-order valence-electron chi connectivity index (χ1n) is 8.48. The van der Waals surface area contributed by atoms with E-state index in [1.807, 2.05) is 30.3 Å². The second kappa shape index (κ2) is 9.23. The fourth-order valence-corrected chi connectivity index (χ4v) is 3.11. The van der Waals surface area contributed by atoms with Crippen LogP contribution in [0.25, 0.3) is 11.5 Å². The summed E-state index contributed by atoms with van der Waals surface area (Å²) in [5.74, 6) is 0.174. The Kier molecular flexibility index (Phi) is 6.49. The highest BCUT2D eigenvalue weighted by atomic mass is 32.2. The molecule has 0 saturated carbocycles. The molecule has 0 aliphatic carbocycles. The van der Waals surface area contributed by atoms with Crippen molar-refractivity contribution in [1.82, 2.24) is 15.5 Å². The van der Waals surface area contributed by atoms with Crippen molar-refractivity contribution in [3.05, 3.63) is 54.0 Å². The number of methoxy groups -OCH3 is 1. The van der Waals surface area contributed by atoms with Gasteiger partial charge in [0.25, 0.3) is 11.1 Å². The van der Waals surface area contributed by atoms with Crippen molar-refractivity contribution >= 4 is 23.6 Å². The van der Waals surface area contributed by atoms with Crippen molar-refractivity contribution in [1.29, 1.82) is 0 Å². The van der Waals surface area contributed by atoms with Gasteiger partial charge in [-0.25, -0.2) is 4.79 Å². The number of hydrogen-bond acceptors (Lipinski definition) is 8. The first kappa shape index (κ1) is 19.7.